The van der Waals surface area contributed by atoms with Gasteiger partial charge in [0.05, 0.1) is 35.3 Å². The summed E-state index contributed by atoms with van der Waals surface area (Å²) >= 11 is 0. The van der Waals surface area contributed by atoms with Gasteiger partial charge in [0, 0.05) is 17.5 Å². The summed E-state index contributed by atoms with van der Waals surface area (Å²) in [6.07, 6.45) is -0.0435. The molecule has 0 atom stereocenters. The van der Waals surface area contributed by atoms with Crippen LogP contribution in [0.4, 0.5) is 10.1 Å². The van der Waals surface area contributed by atoms with Crippen LogP contribution in [0.3, 0.4) is 0 Å². The number of aromatic nitrogens is 2. The molecule has 0 aliphatic heterocycles. The summed E-state index contributed by atoms with van der Waals surface area (Å²) in [5.41, 5.74) is 2.64. The molecule has 0 radical (unpaired) electrons. The SMILES string of the molecule is Cc1nn(Cc2ccc(F)cc2)c(C)c1NC(=O)c1cc(=O)oc2cc(OC(C)C)ccc12. The van der Waals surface area contributed by atoms with E-state index in [9.17, 15) is 14.0 Å². The molecule has 4 rings (SSSR count). The number of rotatable bonds is 6. The minimum Gasteiger partial charge on any atom is -0.491 e. The lowest BCUT2D eigenvalue weighted by Crippen LogP contribution is -2.16. The molecule has 0 fully saturated rings. The zero-order valence-corrected chi connectivity index (χ0v) is 18.8. The zero-order valence-electron chi connectivity index (χ0n) is 18.8. The first-order chi connectivity index (χ1) is 15.7. The third-order valence-corrected chi connectivity index (χ3v) is 5.20. The molecule has 0 aliphatic carbocycles. The highest BCUT2D eigenvalue weighted by molar-refractivity contribution is 6.12. The van der Waals surface area contributed by atoms with E-state index in [0.29, 0.717) is 29.1 Å². The summed E-state index contributed by atoms with van der Waals surface area (Å²) in [5.74, 6) is -0.201. The van der Waals surface area contributed by atoms with Crippen LogP contribution in [0.2, 0.25) is 0 Å². The van der Waals surface area contributed by atoms with E-state index in [1.54, 1.807) is 41.9 Å². The maximum atomic E-state index is 13.2. The lowest BCUT2D eigenvalue weighted by atomic mass is 10.1. The number of halogens is 1. The lowest BCUT2D eigenvalue weighted by Gasteiger charge is -2.11. The normalized spacial score (nSPS) is 11.2. The number of fused-ring (bicyclic) bond motifs is 1. The molecule has 8 heteroatoms. The van der Waals surface area contributed by atoms with Gasteiger partial charge in [-0.05, 0) is 57.5 Å². The summed E-state index contributed by atoms with van der Waals surface area (Å²) in [6, 6.07) is 12.4. The van der Waals surface area contributed by atoms with Gasteiger partial charge in [0.2, 0.25) is 0 Å². The number of nitrogens with one attached hydrogen (secondary N) is 1. The van der Waals surface area contributed by atoms with Crippen molar-refractivity contribution in [2.75, 3.05) is 5.32 Å². The van der Waals surface area contributed by atoms with Gasteiger partial charge in [-0.15, -0.1) is 0 Å². The summed E-state index contributed by atoms with van der Waals surface area (Å²) in [6.45, 7) is 7.85. The highest BCUT2D eigenvalue weighted by Gasteiger charge is 2.19. The maximum absolute atomic E-state index is 13.2. The fraction of sp³-hybridized carbons (Fsp3) is 0.240. The van der Waals surface area contributed by atoms with Gasteiger partial charge in [0.1, 0.15) is 17.1 Å². The van der Waals surface area contributed by atoms with E-state index in [2.05, 4.69) is 10.4 Å². The predicted molar refractivity (Wildman–Crippen MR) is 123 cm³/mol. The molecule has 0 spiro atoms. The molecule has 7 nitrogen and oxygen atoms in total. The van der Waals surface area contributed by atoms with E-state index in [4.69, 9.17) is 9.15 Å². The van der Waals surface area contributed by atoms with E-state index < -0.39 is 11.5 Å². The van der Waals surface area contributed by atoms with Crippen LogP contribution in [-0.2, 0) is 6.54 Å². The Balaban J connectivity index is 1.64. The molecule has 170 valence electrons. The monoisotopic (exact) mass is 449 g/mol. The van der Waals surface area contributed by atoms with E-state index in [0.717, 1.165) is 11.3 Å². The number of anilines is 1. The summed E-state index contributed by atoms with van der Waals surface area (Å²) in [7, 11) is 0. The van der Waals surface area contributed by atoms with Gasteiger partial charge in [-0.3, -0.25) is 9.48 Å². The maximum Gasteiger partial charge on any atom is 0.337 e. The van der Waals surface area contributed by atoms with E-state index >= 15 is 0 Å². The molecule has 2 aromatic heterocycles. The molecule has 33 heavy (non-hydrogen) atoms. The number of nitrogens with zero attached hydrogens (tertiary/aromatic N) is 2. The second-order valence-corrected chi connectivity index (χ2v) is 8.09. The molecular formula is C25H24FN3O4. The Morgan fingerprint density at radius 2 is 1.88 bits per heavy atom. The van der Waals surface area contributed by atoms with E-state index in [1.165, 1.54) is 18.2 Å². The highest BCUT2D eigenvalue weighted by Crippen LogP contribution is 2.26. The minimum absolute atomic E-state index is 0.0435. The molecule has 1 amide bonds. The fourth-order valence-corrected chi connectivity index (χ4v) is 3.65. The number of aryl methyl sites for hydroxylation is 1. The number of hydrogen-bond donors (Lipinski definition) is 1. The van der Waals surface area contributed by atoms with Crippen molar-refractivity contribution in [3.8, 4) is 5.75 Å². The van der Waals surface area contributed by atoms with Gasteiger partial charge in [-0.2, -0.15) is 5.10 Å². The van der Waals surface area contributed by atoms with Gasteiger partial charge < -0.3 is 14.5 Å². The number of benzene rings is 2. The third kappa shape index (κ3) is 4.79. The summed E-state index contributed by atoms with van der Waals surface area (Å²) in [5, 5.41) is 7.88. The van der Waals surface area contributed by atoms with Crippen molar-refractivity contribution in [3.63, 3.8) is 0 Å². The van der Waals surface area contributed by atoms with Crippen LogP contribution in [0.15, 0.2) is 57.7 Å². The van der Waals surface area contributed by atoms with E-state index in [1.807, 2.05) is 20.8 Å². The second-order valence-electron chi connectivity index (χ2n) is 8.09. The average Bonchev–Trinajstić information content (AvgIpc) is 3.01. The van der Waals surface area contributed by atoms with Crippen LogP contribution in [-0.4, -0.2) is 21.8 Å². The van der Waals surface area contributed by atoms with Crippen LogP contribution < -0.4 is 15.7 Å². The van der Waals surface area contributed by atoms with Gasteiger partial charge in [0.15, 0.2) is 0 Å². The Kier molecular flexibility index (Phi) is 6.00. The molecule has 1 N–H and O–H groups in total. The van der Waals surface area contributed by atoms with Crippen molar-refractivity contribution < 1.29 is 18.3 Å². The second kappa shape index (κ2) is 8.90. The quantitative estimate of drug-likeness (QED) is 0.426. The molecule has 2 aromatic carbocycles. The Morgan fingerprint density at radius 1 is 1.15 bits per heavy atom. The topological polar surface area (TPSA) is 86.4 Å². The Bertz CT molecular complexity index is 1390. The van der Waals surface area contributed by atoms with Crippen molar-refractivity contribution in [2.45, 2.75) is 40.3 Å². The molecular weight excluding hydrogens is 425 g/mol. The Morgan fingerprint density at radius 3 is 2.58 bits per heavy atom. The first-order valence-corrected chi connectivity index (χ1v) is 10.6. The first kappa shape index (κ1) is 22.3. The van der Waals surface area contributed by atoms with Gasteiger partial charge in [-0.25, -0.2) is 9.18 Å². The van der Waals surface area contributed by atoms with Crippen molar-refractivity contribution in [1.82, 2.24) is 9.78 Å². The first-order valence-electron chi connectivity index (χ1n) is 10.6. The van der Waals surface area contributed by atoms with Crippen molar-refractivity contribution in [3.05, 3.63) is 87.3 Å². The van der Waals surface area contributed by atoms with Crippen LogP contribution in [0, 0.1) is 19.7 Å². The number of amides is 1. The Labute approximate surface area is 189 Å². The van der Waals surface area contributed by atoms with Crippen molar-refractivity contribution in [1.29, 1.82) is 0 Å². The highest BCUT2D eigenvalue weighted by atomic mass is 19.1. The molecule has 0 saturated heterocycles. The number of carbonyl (C=O) groups excluding carboxylic acids is 1. The standard InChI is InChI=1S/C25H24FN3O4/c1-14(2)32-19-9-10-20-21(12-23(30)33-22(20)11-19)25(31)27-24-15(3)28-29(16(24)4)13-17-5-7-18(26)8-6-17/h5-12,14H,13H2,1-4H3,(H,27,31). The van der Waals surface area contributed by atoms with Crippen molar-refractivity contribution >= 4 is 22.6 Å². The minimum atomic E-state index is -0.630. The number of hydrogen-bond acceptors (Lipinski definition) is 5. The van der Waals surface area contributed by atoms with Crippen LogP contribution in [0.5, 0.6) is 5.75 Å². The summed E-state index contributed by atoms with van der Waals surface area (Å²) < 4.78 is 25.9. The molecule has 2 heterocycles. The molecule has 0 bridgehead atoms. The van der Waals surface area contributed by atoms with Gasteiger partial charge >= 0.3 is 5.63 Å². The van der Waals surface area contributed by atoms with E-state index in [-0.39, 0.29) is 23.1 Å². The fourth-order valence-electron chi connectivity index (χ4n) is 3.65. The average molecular weight is 449 g/mol. The smallest absolute Gasteiger partial charge is 0.337 e. The molecule has 4 aromatic rings. The van der Waals surface area contributed by atoms with Gasteiger partial charge in [-0.1, -0.05) is 12.1 Å². The lowest BCUT2D eigenvalue weighted by molar-refractivity contribution is 0.102. The van der Waals surface area contributed by atoms with Crippen molar-refractivity contribution in [2.24, 2.45) is 0 Å². The predicted octanol–water partition coefficient (Wildman–Crippen LogP) is 4.83. The Hall–Kier alpha value is -3.94. The number of ether oxygens (including phenoxy) is 1. The van der Waals surface area contributed by atoms with Gasteiger partial charge in [0.25, 0.3) is 5.91 Å². The molecule has 0 unspecified atom stereocenters. The van der Waals surface area contributed by atoms with Crippen LogP contribution in [0.1, 0.15) is 41.2 Å². The van der Waals surface area contributed by atoms with Crippen LogP contribution in [0.25, 0.3) is 11.0 Å². The van der Waals surface area contributed by atoms with Crippen LogP contribution >= 0.6 is 0 Å². The molecule has 0 aliphatic rings. The zero-order chi connectivity index (χ0) is 23.7. The summed E-state index contributed by atoms with van der Waals surface area (Å²) in [4.78, 5) is 25.3. The number of carbonyl (C=O) groups is 1. The largest absolute Gasteiger partial charge is 0.491 e. The third-order valence-electron chi connectivity index (χ3n) is 5.20. The molecule has 0 saturated carbocycles.